The number of carbonyl (C=O) groups is 1. The number of amides is 1. The third-order valence-electron chi connectivity index (χ3n) is 8.57. The van der Waals surface area contributed by atoms with E-state index in [1.165, 1.54) is 37.7 Å². The lowest BCUT2D eigenvalue weighted by Crippen LogP contribution is -2.42. The standard InChI is InChI=1S/C29H41N3O4/c1-34-27-14-22-9-11-32(19-24(22)15-28(27)35-2)29(33)16-21-8-10-30-18-23(21)13-25-17-26(36-31-25)12-20-6-4-3-5-7-20/h14-15,17,20-21,23,30H,3-13,16,18-19H2,1-2H3/t21-,23+/m1/s1. The van der Waals surface area contributed by atoms with E-state index in [9.17, 15) is 4.79 Å². The summed E-state index contributed by atoms with van der Waals surface area (Å²) in [4.78, 5) is 15.4. The fourth-order valence-corrected chi connectivity index (χ4v) is 6.43. The Morgan fingerprint density at radius 1 is 1.03 bits per heavy atom. The maximum atomic E-state index is 13.4. The number of aromatic nitrogens is 1. The van der Waals surface area contributed by atoms with Crippen molar-refractivity contribution in [2.45, 2.75) is 70.8 Å². The van der Waals surface area contributed by atoms with Crippen LogP contribution in [-0.2, 0) is 30.6 Å². The Kier molecular flexibility index (Phi) is 8.15. The van der Waals surface area contributed by atoms with Crippen LogP contribution >= 0.6 is 0 Å². The average Bonchev–Trinajstić information content (AvgIpc) is 3.35. The number of methoxy groups -OCH3 is 2. The highest BCUT2D eigenvalue weighted by Gasteiger charge is 2.31. The van der Waals surface area contributed by atoms with Gasteiger partial charge in [0.1, 0.15) is 5.76 Å². The molecule has 0 unspecified atom stereocenters. The number of hydrogen-bond donors (Lipinski definition) is 1. The van der Waals surface area contributed by atoms with Gasteiger partial charge in [0.25, 0.3) is 0 Å². The lowest BCUT2D eigenvalue weighted by molar-refractivity contribution is -0.133. The van der Waals surface area contributed by atoms with Crippen LogP contribution in [0.2, 0.25) is 0 Å². The van der Waals surface area contributed by atoms with Gasteiger partial charge >= 0.3 is 0 Å². The number of rotatable bonds is 8. The van der Waals surface area contributed by atoms with Crippen molar-refractivity contribution in [2.75, 3.05) is 33.9 Å². The molecule has 5 rings (SSSR count). The smallest absolute Gasteiger partial charge is 0.223 e. The van der Waals surface area contributed by atoms with Gasteiger partial charge in [-0.15, -0.1) is 0 Å². The van der Waals surface area contributed by atoms with Crippen molar-refractivity contribution in [3.8, 4) is 11.5 Å². The lowest BCUT2D eigenvalue weighted by Gasteiger charge is -2.35. The topological polar surface area (TPSA) is 76.8 Å². The van der Waals surface area contributed by atoms with E-state index in [4.69, 9.17) is 14.0 Å². The van der Waals surface area contributed by atoms with Gasteiger partial charge in [-0.3, -0.25) is 4.79 Å². The molecule has 2 aliphatic heterocycles. The SMILES string of the molecule is COc1cc2c(cc1OC)CN(C(=O)C[C@H]1CCNC[C@@H]1Cc1cc(CC3CCCCC3)on1)CC2. The summed E-state index contributed by atoms with van der Waals surface area (Å²) >= 11 is 0. The first-order valence-corrected chi connectivity index (χ1v) is 13.8. The monoisotopic (exact) mass is 495 g/mol. The molecular formula is C29H41N3O4. The van der Waals surface area contributed by atoms with Crippen molar-refractivity contribution in [3.05, 3.63) is 40.8 Å². The molecule has 1 N–H and O–H groups in total. The Labute approximate surface area is 214 Å². The Morgan fingerprint density at radius 2 is 1.81 bits per heavy atom. The lowest BCUT2D eigenvalue weighted by atomic mass is 9.80. The molecule has 0 spiro atoms. The van der Waals surface area contributed by atoms with E-state index >= 15 is 0 Å². The second kappa shape index (κ2) is 11.7. The summed E-state index contributed by atoms with van der Waals surface area (Å²) < 4.78 is 16.7. The highest BCUT2D eigenvalue weighted by atomic mass is 16.5. The van der Waals surface area contributed by atoms with Crippen molar-refractivity contribution < 1.29 is 18.8 Å². The summed E-state index contributed by atoms with van der Waals surface area (Å²) in [5, 5.41) is 7.95. The minimum atomic E-state index is 0.255. The predicted octanol–water partition coefficient (Wildman–Crippen LogP) is 4.56. The maximum absolute atomic E-state index is 13.4. The summed E-state index contributed by atoms with van der Waals surface area (Å²) in [5.41, 5.74) is 3.44. The fourth-order valence-electron chi connectivity index (χ4n) is 6.43. The molecule has 1 aromatic carbocycles. The number of ether oxygens (including phenoxy) is 2. The molecule has 1 aromatic heterocycles. The Hall–Kier alpha value is -2.54. The van der Waals surface area contributed by atoms with E-state index in [1.807, 2.05) is 11.0 Å². The van der Waals surface area contributed by atoms with Crippen LogP contribution in [0.4, 0.5) is 0 Å². The number of benzene rings is 1. The predicted molar refractivity (Wildman–Crippen MR) is 138 cm³/mol. The zero-order valence-electron chi connectivity index (χ0n) is 21.9. The molecule has 7 heteroatoms. The van der Waals surface area contributed by atoms with E-state index in [1.54, 1.807) is 14.2 Å². The Balaban J connectivity index is 1.18. The van der Waals surface area contributed by atoms with E-state index in [2.05, 4.69) is 22.6 Å². The molecule has 1 saturated carbocycles. The van der Waals surface area contributed by atoms with E-state index in [0.717, 1.165) is 79.8 Å². The zero-order chi connectivity index (χ0) is 24.9. The molecule has 1 amide bonds. The number of nitrogens with one attached hydrogen (secondary N) is 1. The van der Waals surface area contributed by atoms with Gasteiger partial charge < -0.3 is 24.2 Å². The van der Waals surface area contributed by atoms with E-state index in [0.29, 0.717) is 24.8 Å². The number of piperidine rings is 1. The number of carbonyl (C=O) groups excluding carboxylic acids is 1. The van der Waals surface area contributed by atoms with E-state index < -0.39 is 0 Å². The minimum Gasteiger partial charge on any atom is -0.493 e. The largest absolute Gasteiger partial charge is 0.493 e. The average molecular weight is 496 g/mol. The van der Waals surface area contributed by atoms with Gasteiger partial charge in [-0.25, -0.2) is 0 Å². The molecule has 2 aromatic rings. The molecule has 0 bridgehead atoms. The van der Waals surface area contributed by atoms with Gasteiger partial charge in [-0.1, -0.05) is 37.3 Å². The van der Waals surface area contributed by atoms with Crippen molar-refractivity contribution >= 4 is 5.91 Å². The summed E-state index contributed by atoms with van der Waals surface area (Å²) in [6, 6.07) is 6.25. The highest BCUT2D eigenvalue weighted by Crippen LogP contribution is 2.34. The Morgan fingerprint density at radius 3 is 2.58 bits per heavy atom. The van der Waals surface area contributed by atoms with Crippen molar-refractivity contribution in [3.63, 3.8) is 0 Å². The summed E-state index contributed by atoms with van der Waals surface area (Å²) in [6.07, 6.45) is 11.1. The van der Waals surface area contributed by atoms with Crippen LogP contribution in [0.25, 0.3) is 0 Å². The Bertz CT molecular complexity index is 1030. The molecule has 2 atom stereocenters. The van der Waals surface area contributed by atoms with Crippen LogP contribution in [0, 0.1) is 17.8 Å². The van der Waals surface area contributed by atoms with Crippen molar-refractivity contribution in [1.82, 2.24) is 15.4 Å². The van der Waals surface area contributed by atoms with Gasteiger partial charge in [-0.05, 0) is 73.4 Å². The third-order valence-corrected chi connectivity index (χ3v) is 8.57. The van der Waals surface area contributed by atoms with Gasteiger partial charge in [-0.2, -0.15) is 0 Å². The van der Waals surface area contributed by atoms with Crippen molar-refractivity contribution in [1.29, 1.82) is 0 Å². The van der Waals surface area contributed by atoms with E-state index in [-0.39, 0.29) is 5.91 Å². The fraction of sp³-hybridized carbons (Fsp3) is 0.655. The van der Waals surface area contributed by atoms with Gasteiger partial charge in [0.05, 0.1) is 19.9 Å². The first-order valence-electron chi connectivity index (χ1n) is 13.8. The van der Waals surface area contributed by atoms with Crippen LogP contribution < -0.4 is 14.8 Å². The number of nitrogens with zero attached hydrogens (tertiary/aromatic N) is 2. The number of fused-ring (bicyclic) bond motifs is 1. The molecule has 1 saturated heterocycles. The zero-order valence-corrected chi connectivity index (χ0v) is 21.9. The molecule has 0 radical (unpaired) electrons. The third kappa shape index (κ3) is 5.88. The maximum Gasteiger partial charge on any atom is 0.223 e. The second-order valence-corrected chi connectivity index (χ2v) is 11.0. The summed E-state index contributed by atoms with van der Waals surface area (Å²) in [5.74, 6) is 4.28. The highest BCUT2D eigenvalue weighted by molar-refractivity contribution is 5.77. The molecule has 1 aliphatic carbocycles. The molecule has 3 aliphatic rings. The summed E-state index contributed by atoms with van der Waals surface area (Å²) in [6.45, 7) is 3.30. The minimum absolute atomic E-state index is 0.255. The van der Waals surface area contributed by atoms with Gasteiger partial charge in [0.2, 0.25) is 5.91 Å². The molecule has 36 heavy (non-hydrogen) atoms. The summed E-state index contributed by atoms with van der Waals surface area (Å²) in [7, 11) is 3.32. The molecule has 2 fully saturated rings. The molecule has 3 heterocycles. The van der Waals surface area contributed by atoms with Crippen LogP contribution in [0.15, 0.2) is 22.7 Å². The first kappa shape index (κ1) is 25.1. The van der Waals surface area contributed by atoms with Gasteiger partial charge in [0, 0.05) is 32.0 Å². The van der Waals surface area contributed by atoms with Crippen molar-refractivity contribution in [2.24, 2.45) is 17.8 Å². The van der Waals surface area contributed by atoms with Crippen LogP contribution in [0.3, 0.4) is 0 Å². The molecular weight excluding hydrogens is 454 g/mol. The second-order valence-electron chi connectivity index (χ2n) is 11.0. The van der Waals surface area contributed by atoms with Crippen LogP contribution in [0.5, 0.6) is 11.5 Å². The molecule has 196 valence electrons. The van der Waals surface area contributed by atoms with Gasteiger partial charge in [0.15, 0.2) is 11.5 Å². The number of hydrogen-bond acceptors (Lipinski definition) is 6. The first-order chi connectivity index (χ1) is 17.6. The normalized spacial score (nSPS) is 22.8. The van der Waals surface area contributed by atoms with Crippen LogP contribution in [-0.4, -0.2) is 49.8 Å². The molecule has 7 nitrogen and oxygen atoms in total. The van der Waals surface area contributed by atoms with Crippen LogP contribution in [0.1, 0.15) is 67.5 Å². The quantitative estimate of drug-likeness (QED) is 0.579.